The zero-order chi connectivity index (χ0) is 22.2. The van der Waals surface area contributed by atoms with Crippen LogP contribution in [0.4, 0.5) is 0 Å². The minimum atomic E-state index is -3.73. The van der Waals surface area contributed by atoms with Gasteiger partial charge in [-0.25, -0.2) is 8.42 Å². The van der Waals surface area contributed by atoms with Crippen LogP contribution in [0.2, 0.25) is 0 Å². The van der Waals surface area contributed by atoms with Gasteiger partial charge in [-0.3, -0.25) is 9.78 Å². The SMILES string of the molecule is Cc1cc(C#N)ccc1S(=O)(=O)N1CCN(C(=O)c2cccc3cccnc23)[C@@H](C)C1. The monoisotopic (exact) mass is 434 g/mol. The fraction of sp³-hybridized carbons (Fsp3) is 0.261. The van der Waals surface area contributed by atoms with Crippen LogP contribution in [-0.2, 0) is 10.0 Å². The molecular formula is C23H22N4O3S. The van der Waals surface area contributed by atoms with Crippen LogP contribution in [0.25, 0.3) is 10.9 Å². The van der Waals surface area contributed by atoms with Gasteiger partial charge in [0.05, 0.1) is 27.6 Å². The summed E-state index contributed by atoms with van der Waals surface area (Å²) < 4.78 is 27.8. The zero-order valence-corrected chi connectivity index (χ0v) is 18.1. The molecule has 158 valence electrons. The maximum absolute atomic E-state index is 13.3. The highest BCUT2D eigenvalue weighted by Crippen LogP contribution is 2.25. The lowest BCUT2D eigenvalue weighted by atomic mass is 10.1. The molecule has 0 N–H and O–H groups in total. The maximum atomic E-state index is 13.3. The number of carbonyl (C=O) groups excluding carboxylic acids is 1. The summed E-state index contributed by atoms with van der Waals surface area (Å²) in [6.07, 6.45) is 1.66. The van der Waals surface area contributed by atoms with Crippen LogP contribution in [0.3, 0.4) is 0 Å². The van der Waals surface area contributed by atoms with Crippen molar-refractivity contribution < 1.29 is 13.2 Å². The molecule has 0 bridgehead atoms. The van der Waals surface area contributed by atoms with Crippen LogP contribution in [-0.4, -0.2) is 54.2 Å². The molecule has 0 spiro atoms. The predicted molar refractivity (Wildman–Crippen MR) is 117 cm³/mol. The standard InChI is InChI=1S/C23H22N4O3S/c1-16-13-18(14-24)8-9-21(16)31(29,30)26-11-12-27(17(2)15-26)23(28)20-7-3-5-19-6-4-10-25-22(19)20/h3-10,13,17H,11-12,15H2,1-2H3/t17-/m0/s1. The summed E-state index contributed by atoms with van der Waals surface area (Å²) in [4.78, 5) is 19.5. The number of para-hydroxylation sites is 1. The number of pyridine rings is 1. The second kappa shape index (κ2) is 8.10. The number of benzene rings is 2. The van der Waals surface area contributed by atoms with Crippen LogP contribution in [0.5, 0.6) is 0 Å². The molecule has 0 unspecified atom stereocenters. The minimum absolute atomic E-state index is 0.150. The van der Waals surface area contributed by atoms with Gasteiger partial charge >= 0.3 is 0 Å². The molecular weight excluding hydrogens is 412 g/mol. The molecule has 31 heavy (non-hydrogen) atoms. The van der Waals surface area contributed by atoms with Crippen molar-refractivity contribution in [1.29, 1.82) is 5.26 Å². The van der Waals surface area contributed by atoms with E-state index in [0.717, 1.165) is 5.39 Å². The summed E-state index contributed by atoms with van der Waals surface area (Å²) in [6, 6.07) is 15.5. The highest BCUT2D eigenvalue weighted by molar-refractivity contribution is 7.89. The van der Waals surface area contributed by atoms with E-state index in [1.165, 1.54) is 16.4 Å². The van der Waals surface area contributed by atoms with Crippen molar-refractivity contribution in [2.75, 3.05) is 19.6 Å². The van der Waals surface area contributed by atoms with Crippen molar-refractivity contribution in [2.24, 2.45) is 0 Å². The third-order valence-electron chi connectivity index (χ3n) is 5.64. The number of fused-ring (bicyclic) bond motifs is 1. The number of carbonyl (C=O) groups is 1. The first kappa shape index (κ1) is 21.0. The van der Waals surface area contributed by atoms with E-state index in [0.29, 0.717) is 22.2 Å². The first-order valence-electron chi connectivity index (χ1n) is 9.98. The molecule has 0 aliphatic carbocycles. The van der Waals surface area contributed by atoms with Gasteiger partial charge in [0.2, 0.25) is 10.0 Å². The number of nitrogens with zero attached hydrogens (tertiary/aromatic N) is 4. The van der Waals surface area contributed by atoms with Crippen LogP contribution >= 0.6 is 0 Å². The number of aromatic nitrogens is 1. The summed E-state index contributed by atoms with van der Waals surface area (Å²) in [7, 11) is -3.73. The molecule has 1 aromatic heterocycles. The summed E-state index contributed by atoms with van der Waals surface area (Å²) in [6.45, 7) is 4.23. The number of piperazine rings is 1. The molecule has 1 aliphatic rings. The summed E-state index contributed by atoms with van der Waals surface area (Å²) >= 11 is 0. The molecule has 8 heteroatoms. The van der Waals surface area contributed by atoms with E-state index in [-0.39, 0.29) is 36.5 Å². The third-order valence-corrected chi connectivity index (χ3v) is 7.66. The normalized spacial score (nSPS) is 17.5. The smallest absolute Gasteiger partial charge is 0.256 e. The van der Waals surface area contributed by atoms with Crippen molar-refractivity contribution in [1.82, 2.24) is 14.2 Å². The van der Waals surface area contributed by atoms with E-state index >= 15 is 0 Å². The van der Waals surface area contributed by atoms with Gasteiger partial charge in [0, 0.05) is 37.3 Å². The zero-order valence-electron chi connectivity index (χ0n) is 17.3. The average Bonchev–Trinajstić information content (AvgIpc) is 2.77. The van der Waals surface area contributed by atoms with E-state index in [2.05, 4.69) is 4.98 Å². The highest BCUT2D eigenvalue weighted by atomic mass is 32.2. The van der Waals surface area contributed by atoms with Crippen LogP contribution in [0.1, 0.15) is 28.4 Å². The Morgan fingerprint density at radius 2 is 1.94 bits per heavy atom. The van der Waals surface area contributed by atoms with Crippen molar-refractivity contribution in [3.63, 3.8) is 0 Å². The first-order valence-corrected chi connectivity index (χ1v) is 11.4. The molecule has 4 rings (SSSR count). The molecule has 1 fully saturated rings. The minimum Gasteiger partial charge on any atom is -0.333 e. The first-order chi connectivity index (χ1) is 14.8. The van der Waals surface area contributed by atoms with Crippen molar-refractivity contribution in [3.05, 3.63) is 71.4 Å². The fourth-order valence-corrected chi connectivity index (χ4v) is 5.74. The summed E-state index contributed by atoms with van der Waals surface area (Å²) in [5.41, 5.74) is 2.12. The number of rotatable bonds is 3. The van der Waals surface area contributed by atoms with E-state index < -0.39 is 10.0 Å². The molecule has 0 saturated carbocycles. The molecule has 1 amide bonds. The lowest BCUT2D eigenvalue weighted by molar-refractivity contribution is 0.0593. The van der Waals surface area contributed by atoms with E-state index in [4.69, 9.17) is 5.26 Å². The van der Waals surface area contributed by atoms with Crippen LogP contribution in [0, 0.1) is 18.3 Å². The Bertz CT molecular complexity index is 1310. The predicted octanol–water partition coefficient (Wildman–Crippen LogP) is 2.95. The average molecular weight is 435 g/mol. The Balaban J connectivity index is 1.57. The van der Waals surface area contributed by atoms with Gasteiger partial charge < -0.3 is 4.90 Å². The van der Waals surface area contributed by atoms with Crippen molar-refractivity contribution in [2.45, 2.75) is 24.8 Å². The van der Waals surface area contributed by atoms with Gasteiger partial charge in [0.25, 0.3) is 5.91 Å². The number of amides is 1. The summed E-state index contributed by atoms with van der Waals surface area (Å²) in [5.74, 6) is -0.150. The molecule has 2 aromatic carbocycles. The largest absolute Gasteiger partial charge is 0.333 e. The van der Waals surface area contributed by atoms with Gasteiger partial charge in [-0.2, -0.15) is 9.57 Å². The highest BCUT2D eigenvalue weighted by Gasteiger charge is 2.35. The summed E-state index contributed by atoms with van der Waals surface area (Å²) in [5, 5.41) is 9.92. The van der Waals surface area contributed by atoms with Gasteiger partial charge in [0.15, 0.2) is 0 Å². The number of hydrogen-bond donors (Lipinski definition) is 0. The fourth-order valence-electron chi connectivity index (χ4n) is 4.02. The molecule has 2 heterocycles. The third kappa shape index (κ3) is 3.78. The Morgan fingerprint density at radius 1 is 1.16 bits per heavy atom. The van der Waals surface area contributed by atoms with Gasteiger partial charge in [-0.1, -0.05) is 18.2 Å². The number of aryl methyl sites for hydroxylation is 1. The molecule has 1 atom stereocenters. The number of hydrogen-bond acceptors (Lipinski definition) is 5. The lowest BCUT2D eigenvalue weighted by Crippen LogP contribution is -2.55. The van der Waals surface area contributed by atoms with Gasteiger partial charge in [0.1, 0.15) is 0 Å². The van der Waals surface area contributed by atoms with E-state index in [1.807, 2.05) is 37.3 Å². The van der Waals surface area contributed by atoms with Gasteiger partial charge in [-0.15, -0.1) is 0 Å². The Morgan fingerprint density at radius 3 is 2.65 bits per heavy atom. The van der Waals surface area contributed by atoms with Crippen LogP contribution in [0.15, 0.2) is 59.6 Å². The second-order valence-corrected chi connectivity index (χ2v) is 9.59. The molecule has 0 radical (unpaired) electrons. The molecule has 7 nitrogen and oxygen atoms in total. The lowest BCUT2D eigenvalue weighted by Gasteiger charge is -2.39. The second-order valence-electron chi connectivity index (χ2n) is 7.68. The van der Waals surface area contributed by atoms with Gasteiger partial charge in [-0.05, 0) is 49.7 Å². The Hall–Kier alpha value is -3.28. The quantitative estimate of drug-likeness (QED) is 0.632. The van der Waals surface area contributed by atoms with E-state index in [9.17, 15) is 13.2 Å². The van der Waals surface area contributed by atoms with E-state index in [1.54, 1.807) is 30.2 Å². The number of sulfonamides is 1. The Kier molecular flexibility index (Phi) is 5.48. The van der Waals surface area contributed by atoms with Crippen molar-refractivity contribution in [3.8, 4) is 6.07 Å². The van der Waals surface area contributed by atoms with Crippen LogP contribution < -0.4 is 0 Å². The maximum Gasteiger partial charge on any atom is 0.256 e. The molecule has 1 aliphatic heterocycles. The van der Waals surface area contributed by atoms with Crippen molar-refractivity contribution >= 4 is 26.8 Å². The topological polar surface area (TPSA) is 94.4 Å². The number of nitriles is 1. The molecule has 3 aromatic rings. The Labute approximate surface area is 181 Å². The molecule has 1 saturated heterocycles.